The topological polar surface area (TPSA) is 67.6 Å². The van der Waals surface area contributed by atoms with Gasteiger partial charge in [0.1, 0.15) is 0 Å². The summed E-state index contributed by atoms with van der Waals surface area (Å²) in [7, 11) is 0. The van der Waals surface area contributed by atoms with E-state index in [0.717, 1.165) is 0 Å². The van der Waals surface area contributed by atoms with Gasteiger partial charge in [-0.25, -0.2) is 0 Å². The number of rotatable bonds is 2. The molecule has 1 aromatic heterocycles. The maximum absolute atomic E-state index is 12.7. The van der Waals surface area contributed by atoms with Crippen LogP contribution in [0.4, 0.5) is 32.2 Å². The summed E-state index contributed by atoms with van der Waals surface area (Å²) in [5, 5.41) is 6.84. The van der Waals surface area contributed by atoms with Gasteiger partial charge >= 0.3 is 152 Å². The number of hydrogen-bond acceptors (Lipinski definition) is 3. The van der Waals surface area contributed by atoms with Crippen molar-refractivity contribution in [2.75, 3.05) is 5.73 Å². The van der Waals surface area contributed by atoms with Gasteiger partial charge in [-0.3, -0.25) is 0 Å². The molecule has 0 aliphatic carbocycles. The molecule has 0 radical (unpaired) electrons. The van der Waals surface area contributed by atoms with Crippen LogP contribution in [0.5, 0.6) is 0 Å². The third-order valence-electron chi connectivity index (χ3n) is 2.76. The van der Waals surface area contributed by atoms with E-state index in [1.807, 2.05) is 0 Å². The zero-order valence-electron chi connectivity index (χ0n) is 11.5. The average Bonchev–Trinajstić information content (AvgIpc) is 2.73. The van der Waals surface area contributed by atoms with Crippen molar-refractivity contribution in [2.24, 2.45) is 0 Å². The van der Waals surface area contributed by atoms with Gasteiger partial charge in [-0.15, -0.1) is 0 Å². The van der Waals surface area contributed by atoms with Gasteiger partial charge in [0.15, 0.2) is 0 Å². The monoisotopic (exact) mass is 468 g/mol. The third kappa shape index (κ3) is 4.15. The zero-order chi connectivity index (χ0) is 19.2. The first-order chi connectivity index (χ1) is 11.3. The number of halogens is 8. The quantitative estimate of drug-likeness (QED) is 0.543. The van der Waals surface area contributed by atoms with Crippen molar-refractivity contribution in [3.63, 3.8) is 0 Å². The average molecular weight is 468 g/mol. The Bertz CT molecular complexity index is 845. The molecule has 1 aromatic carbocycles. The van der Waals surface area contributed by atoms with Crippen molar-refractivity contribution in [3.05, 3.63) is 33.4 Å². The van der Waals surface area contributed by atoms with Crippen LogP contribution in [0.3, 0.4) is 0 Å². The Kier molecular flexibility index (Phi) is 5.21. The summed E-state index contributed by atoms with van der Waals surface area (Å²) in [4.78, 5) is 0. The summed E-state index contributed by atoms with van der Waals surface area (Å²) in [6.45, 7) is 0. The molecule has 0 fully saturated rings. The van der Waals surface area contributed by atoms with Gasteiger partial charge in [0.2, 0.25) is 0 Å². The molecular weight excluding hydrogens is 464 g/mol. The number of aromatic nitrogens is 2. The molecule has 0 saturated carbocycles. The molecule has 0 spiro atoms. The van der Waals surface area contributed by atoms with Crippen LogP contribution >= 0.6 is 23.2 Å². The van der Waals surface area contributed by atoms with E-state index in [1.165, 1.54) is 6.07 Å². The van der Waals surface area contributed by atoms with E-state index < -0.39 is 57.8 Å². The van der Waals surface area contributed by atoms with Crippen LogP contribution in [0.25, 0.3) is 5.69 Å². The van der Waals surface area contributed by atoms with Crippen LogP contribution in [0.2, 0.25) is 10.0 Å². The fourth-order valence-electron chi connectivity index (χ4n) is 1.81. The van der Waals surface area contributed by atoms with Crippen molar-refractivity contribution in [3.8, 4) is 11.8 Å². The molecular formula is C12H4Cl2F6N4Se. The Morgan fingerprint density at radius 3 is 2.04 bits per heavy atom. The van der Waals surface area contributed by atoms with Crippen LogP contribution in [-0.2, 0) is 6.18 Å². The number of anilines is 1. The fourth-order valence-corrected chi connectivity index (χ4v) is 3.73. The minimum absolute atomic E-state index is 0.352. The maximum atomic E-state index is 12.7. The van der Waals surface area contributed by atoms with E-state index in [9.17, 15) is 26.3 Å². The van der Waals surface area contributed by atoms with Crippen molar-refractivity contribution < 1.29 is 26.3 Å². The molecule has 1 heterocycles. The van der Waals surface area contributed by atoms with Crippen LogP contribution in [0.1, 0.15) is 11.3 Å². The van der Waals surface area contributed by atoms with E-state index >= 15 is 0 Å². The predicted octanol–water partition coefficient (Wildman–Crippen LogP) is 3.50. The van der Waals surface area contributed by atoms with Gasteiger partial charge in [-0.2, -0.15) is 0 Å². The number of nitrogen functional groups attached to an aromatic ring is 1. The van der Waals surface area contributed by atoms with Crippen LogP contribution in [0, 0.1) is 11.3 Å². The van der Waals surface area contributed by atoms with Gasteiger partial charge in [0.25, 0.3) is 0 Å². The molecule has 25 heavy (non-hydrogen) atoms. The standard InChI is InChI=1S/C12H4Cl2F6N4Se/c13-5-1-4(11(15,16)17)2-6(14)8(5)24-10(22)9(7(3-21)23-24)25-12(18,19)20/h1-2H,22H2. The van der Waals surface area contributed by atoms with Gasteiger partial charge in [-0.1, -0.05) is 0 Å². The number of benzene rings is 1. The molecule has 4 nitrogen and oxygen atoms in total. The molecule has 0 atom stereocenters. The second-order valence-corrected chi connectivity index (χ2v) is 7.49. The van der Waals surface area contributed by atoms with E-state index in [2.05, 4.69) is 5.10 Å². The molecule has 0 amide bonds. The number of nitrogens with zero attached hydrogens (tertiary/aromatic N) is 3. The van der Waals surface area contributed by atoms with Crippen LogP contribution in [0.15, 0.2) is 12.1 Å². The van der Waals surface area contributed by atoms with Crippen molar-refractivity contribution >= 4 is 48.4 Å². The molecule has 2 rings (SSSR count). The van der Waals surface area contributed by atoms with Crippen LogP contribution < -0.4 is 10.2 Å². The molecule has 0 unspecified atom stereocenters. The first-order valence-corrected chi connectivity index (χ1v) is 8.43. The van der Waals surface area contributed by atoms with E-state index in [0.29, 0.717) is 16.8 Å². The molecule has 2 N–H and O–H groups in total. The molecule has 13 heteroatoms. The summed E-state index contributed by atoms with van der Waals surface area (Å²) in [6.07, 6.45) is -4.73. The Morgan fingerprint density at radius 2 is 1.64 bits per heavy atom. The normalized spacial score (nSPS) is 12.3. The second kappa shape index (κ2) is 6.61. The zero-order valence-corrected chi connectivity index (χ0v) is 14.7. The predicted molar refractivity (Wildman–Crippen MR) is 79.2 cm³/mol. The Hall–Kier alpha value is -1.60. The Balaban J connectivity index is 2.66. The second-order valence-electron chi connectivity index (χ2n) is 4.42. The summed E-state index contributed by atoms with van der Waals surface area (Å²) in [5.41, 5.74) is 3.49. The molecule has 0 aliphatic heterocycles. The number of nitrogens with two attached hydrogens (primary N) is 1. The molecule has 0 aliphatic rings. The van der Waals surface area contributed by atoms with Gasteiger partial charge in [0, 0.05) is 0 Å². The minimum atomic E-state index is -4.73. The van der Waals surface area contributed by atoms with Crippen molar-refractivity contribution in [1.29, 1.82) is 5.26 Å². The van der Waals surface area contributed by atoms with Crippen LogP contribution in [-0.4, -0.2) is 29.8 Å². The molecule has 0 saturated heterocycles. The molecule has 134 valence electrons. The summed E-state index contributed by atoms with van der Waals surface area (Å²) in [5.74, 6) is -0.572. The number of hydrogen-bond donors (Lipinski definition) is 1. The molecule has 2 aromatic rings. The molecule has 0 bridgehead atoms. The van der Waals surface area contributed by atoms with E-state index in [1.54, 1.807) is 0 Å². The first-order valence-electron chi connectivity index (χ1n) is 5.96. The third-order valence-corrected chi connectivity index (χ3v) is 5.09. The summed E-state index contributed by atoms with van der Waals surface area (Å²) < 4.78 is 76.2. The first kappa shape index (κ1) is 19.7. The van der Waals surface area contributed by atoms with Crippen molar-refractivity contribution in [2.45, 2.75) is 11.3 Å². The SMILES string of the molecule is N#Cc1nn(-c2c(Cl)cc(C(F)(F)F)cc2Cl)c(N)c1[Se]C(F)(F)F. The Morgan fingerprint density at radius 1 is 1.12 bits per heavy atom. The number of nitriles is 1. The van der Waals surface area contributed by atoms with Gasteiger partial charge < -0.3 is 0 Å². The summed E-state index contributed by atoms with van der Waals surface area (Å²) in [6, 6.07) is 2.53. The summed E-state index contributed by atoms with van der Waals surface area (Å²) >= 11 is 9.38. The van der Waals surface area contributed by atoms with Gasteiger partial charge in [-0.05, 0) is 0 Å². The van der Waals surface area contributed by atoms with Crippen molar-refractivity contribution in [1.82, 2.24) is 9.78 Å². The Labute approximate surface area is 152 Å². The van der Waals surface area contributed by atoms with E-state index in [4.69, 9.17) is 34.2 Å². The van der Waals surface area contributed by atoms with E-state index in [-0.39, 0.29) is 5.69 Å². The fraction of sp³-hybridized carbons (Fsp3) is 0.167. The number of alkyl halides is 6. The van der Waals surface area contributed by atoms with Gasteiger partial charge in [0.05, 0.1) is 0 Å².